The molecular formula is C14H13FN2O4S. The lowest BCUT2D eigenvalue weighted by Crippen LogP contribution is -2.00. The summed E-state index contributed by atoms with van der Waals surface area (Å²) in [4.78, 5) is 0. The van der Waals surface area contributed by atoms with E-state index in [9.17, 15) is 17.4 Å². The second kappa shape index (κ2) is 6.10. The lowest BCUT2D eigenvalue weighted by atomic mass is 10.1. The third kappa shape index (κ3) is 4.26. The standard InChI is InChI=1S/C14H13FN2O4S/c1-9-6-12(7-10(2)14(9)18)17-16-11-4-3-5-13(8-11)21-22(15,19)20/h3-8,18H,1-2H3. The molecule has 0 saturated carbocycles. The third-order valence-electron chi connectivity index (χ3n) is 2.77. The summed E-state index contributed by atoms with van der Waals surface area (Å²) in [6.45, 7) is 3.48. The van der Waals surface area contributed by atoms with Crippen LogP contribution in [-0.4, -0.2) is 13.5 Å². The van der Waals surface area contributed by atoms with Gasteiger partial charge in [0, 0.05) is 6.07 Å². The molecule has 0 amide bonds. The van der Waals surface area contributed by atoms with E-state index in [1.807, 2.05) is 0 Å². The molecular weight excluding hydrogens is 311 g/mol. The van der Waals surface area contributed by atoms with Crippen molar-refractivity contribution in [3.05, 3.63) is 47.5 Å². The number of rotatable bonds is 4. The zero-order chi connectivity index (χ0) is 16.3. The summed E-state index contributed by atoms with van der Waals surface area (Å²) in [7, 11) is -5.08. The number of benzene rings is 2. The predicted molar refractivity (Wildman–Crippen MR) is 78.9 cm³/mol. The van der Waals surface area contributed by atoms with Crippen molar-refractivity contribution in [2.45, 2.75) is 13.8 Å². The van der Waals surface area contributed by atoms with Gasteiger partial charge >= 0.3 is 10.5 Å². The molecule has 0 saturated heterocycles. The van der Waals surface area contributed by atoms with Gasteiger partial charge in [-0.3, -0.25) is 0 Å². The first-order valence-corrected chi connectivity index (χ1v) is 7.51. The van der Waals surface area contributed by atoms with Crippen molar-refractivity contribution in [3.8, 4) is 11.5 Å². The van der Waals surface area contributed by atoms with Crippen LogP contribution in [0.4, 0.5) is 15.3 Å². The molecule has 8 heteroatoms. The molecule has 0 aliphatic heterocycles. The van der Waals surface area contributed by atoms with Crippen molar-refractivity contribution >= 4 is 21.9 Å². The molecule has 6 nitrogen and oxygen atoms in total. The first kappa shape index (κ1) is 15.9. The van der Waals surface area contributed by atoms with Gasteiger partial charge in [0.1, 0.15) is 11.5 Å². The van der Waals surface area contributed by atoms with Gasteiger partial charge in [-0.05, 0) is 49.2 Å². The summed E-state index contributed by atoms with van der Waals surface area (Å²) in [5.41, 5.74) is 2.14. The minimum Gasteiger partial charge on any atom is -0.507 e. The first-order chi connectivity index (χ1) is 10.2. The summed E-state index contributed by atoms with van der Waals surface area (Å²) in [5.74, 6) is -0.000447. The van der Waals surface area contributed by atoms with E-state index in [0.717, 1.165) is 0 Å². The Labute approximate surface area is 127 Å². The number of phenols is 1. The van der Waals surface area contributed by atoms with Crippen LogP contribution >= 0.6 is 0 Å². The van der Waals surface area contributed by atoms with Gasteiger partial charge in [0.05, 0.1) is 11.4 Å². The Kier molecular flexibility index (Phi) is 4.41. The zero-order valence-corrected chi connectivity index (χ0v) is 12.6. The van der Waals surface area contributed by atoms with Gasteiger partial charge in [0.25, 0.3) is 0 Å². The maximum absolute atomic E-state index is 12.5. The lowest BCUT2D eigenvalue weighted by Gasteiger charge is -2.04. The number of hydrogen-bond donors (Lipinski definition) is 1. The molecule has 0 aromatic heterocycles. The Morgan fingerprint density at radius 2 is 1.64 bits per heavy atom. The number of nitrogens with zero attached hydrogens (tertiary/aromatic N) is 2. The number of azo groups is 1. The average Bonchev–Trinajstić information content (AvgIpc) is 2.41. The van der Waals surface area contributed by atoms with Gasteiger partial charge in [-0.15, -0.1) is 0 Å². The number of hydrogen-bond acceptors (Lipinski definition) is 6. The van der Waals surface area contributed by atoms with Crippen molar-refractivity contribution in [1.29, 1.82) is 0 Å². The second-order valence-corrected chi connectivity index (χ2v) is 5.55. The number of aryl methyl sites for hydroxylation is 2. The van der Waals surface area contributed by atoms with E-state index in [0.29, 0.717) is 22.5 Å². The molecule has 0 atom stereocenters. The van der Waals surface area contributed by atoms with Crippen molar-refractivity contribution in [2.24, 2.45) is 10.2 Å². The SMILES string of the molecule is Cc1cc(N=Nc2cccc(OS(=O)(=O)F)c2)cc(C)c1O. The van der Waals surface area contributed by atoms with Crippen LogP contribution in [0.2, 0.25) is 0 Å². The van der Waals surface area contributed by atoms with E-state index in [1.54, 1.807) is 32.0 Å². The summed E-state index contributed by atoms with van der Waals surface area (Å²) in [5, 5.41) is 17.6. The number of aromatic hydroxyl groups is 1. The van der Waals surface area contributed by atoms with Crippen molar-refractivity contribution in [1.82, 2.24) is 0 Å². The summed E-state index contributed by atoms with van der Waals surface area (Å²) in [6.07, 6.45) is 0. The predicted octanol–water partition coefficient (Wildman–Crippen LogP) is 4.02. The zero-order valence-electron chi connectivity index (χ0n) is 11.8. The second-order valence-electron chi connectivity index (χ2n) is 4.60. The van der Waals surface area contributed by atoms with Crippen molar-refractivity contribution < 1.29 is 21.6 Å². The van der Waals surface area contributed by atoms with Crippen LogP contribution in [0, 0.1) is 13.8 Å². The van der Waals surface area contributed by atoms with Crippen LogP contribution in [0.1, 0.15) is 11.1 Å². The Bertz CT molecular complexity index is 811. The molecule has 22 heavy (non-hydrogen) atoms. The van der Waals surface area contributed by atoms with Crippen molar-refractivity contribution in [3.63, 3.8) is 0 Å². The fourth-order valence-electron chi connectivity index (χ4n) is 1.82. The molecule has 0 bridgehead atoms. The summed E-state index contributed by atoms with van der Waals surface area (Å²) in [6, 6.07) is 8.84. The van der Waals surface area contributed by atoms with Gasteiger partial charge in [0.2, 0.25) is 0 Å². The fraction of sp³-hybridized carbons (Fsp3) is 0.143. The highest BCUT2D eigenvalue weighted by molar-refractivity contribution is 7.81. The Balaban J connectivity index is 2.25. The van der Waals surface area contributed by atoms with Crippen LogP contribution in [-0.2, 0) is 10.5 Å². The van der Waals surface area contributed by atoms with Crippen LogP contribution in [0.25, 0.3) is 0 Å². The molecule has 0 radical (unpaired) electrons. The van der Waals surface area contributed by atoms with Crippen LogP contribution < -0.4 is 4.18 Å². The van der Waals surface area contributed by atoms with E-state index in [-0.39, 0.29) is 11.5 Å². The van der Waals surface area contributed by atoms with Gasteiger partial charge < -0.3 is 9.29 Å². The van der Waals surface area contributed by atoms with Gasteiger partial charge in [0.15, 0.2) is 0 Å². The largest absolute Gasteiger partial charge is 0.507 e. The maximum Gasteiger partial charge on any atom is 0.488 e. The molecule has 0 aliphatic carbocycles. The Morgan fingerprint density at radius 3 is 2.23 bits per heavy atom. The van der Waals surface area contributed by atoms with E-state index < -0.39 is 10.5 Å². The molecule has 0 heterocycles. The third-order valence-corrected chi connectivity index (χ3v) is 3.16. The van der Waals surface area contributed by atoms with E-state index in [4.69, 9.17) is 0 Å². The van der Waals surface area contributed by atoms with Crippen LogP contribution in [0.15, 0.2) is 46.6 Å². The molecule has 0 aliphatic rings. The van der Waals surface area contributed by atoms with Crippen molar-refractivity contribution in [2.75, 3.05) is 0 Å². The quantitative estimate of drug-likeness (QED) is 0.679. The number of halogens is 1. The van der Waals surface area contributed by atoms with Crippen LogP contribution in [0.3, 0.4) is 0 Å². The van der Waals surface area contributed by atoms with E-state index >= 15 is 0 Å². The topological polar surface area (TPSA) is 88.3 Å². The fourth-order valence-corrected chi connectivity index (χ4v) is 2.15. The van der Waals surface area contributed by atoms with Crippen LogP contribution in [0.5, 0.6) is 11.5 Å². The smallest absolute Gasteiger partial charge is 0.488 e. The molecule has 1 N–H and O–H groups in total. The normalized spacial score (nSPS) is 11.8. The maximum atomic E-state index is 12.5. The highest BCUT2D eigenvalue weighted by Crippen LogP contribution is 2.29. The number of phenolic OH excluding ortho intramolecular Hbond substituents is 1. The highest BCUT2D eigenvalue weighted by Gasteiger charge is 2.09. The van der Waals surface area contributed by atoms with Gasteiger partial charge in [-0.25, -0.2) is 0 Å². The minimum atomic E-state index is -5.08. The molecule has 0 fully saturated rings. The van der Waals surface area contributed by atoms with Gasteiger partial charge in [-0.1, -0.05) is 9.95 Å². The molecule has 116 valence electrons. The molecule has 0 spiro atoms. The highest BCUT2D eigenvalue weighted by atomic mass is 32.3. The monoisotopic (exact) mass is 324 g/mol. The summed E-state index contributed by atoms with van der Waals surface area (Å²) >= 11 is 0. The lowest BCUT2D eigenvalue weighted by molar-refractivity contribution is 0.440. The first-order valence-electron chi connectivity index (χ1n) is 6.21. The van der Waals surface area contributed by atoms with E-state index in [2.05, 4.69) is 14.4 Å². The van der Waals surface area contributed by atoms with E-state index in [1.165, 1.54) is 18.2 Å². The average molecular weight is 324 g/mol. The molecule has 2 aromatic carbocycles. The summed E-state index contributed by atoms with van der Waals surface area (Å²) < 4.78 is 37.4. The molecule has 2 aromatic rings. The molecule has 0 unspecified atom stereocenters. The molecule has 2 rings (SSSR count). The Hall–Kier alpha value is -2.48. The minimum absolute atomic E-state index is 0.197. The Morgan fingerprint density at radius 1 is 1.05 bits per heavy atom. The van der Waals surface area contributed by atoms with Gasteiger partial charge in [-0.2, -0.15) is 18.6 Å².